The van der Waals surface area contributed by atoms with Crippen LogP contribution in [0.15, 0.2) is 6.20 Å². The predicted octanol–water partition coefficient (Wildman–Crippen LogP) is 3.43. The van der Waals surface area contributed by atoms with Crippen molar-refractivity contribution in [2.24, 2.45) is 0 Å². The lowest BCUT2D eigenvalue weighted by atomic mass is 10.1. The van der Waals surface area contributed by atoms with Gasteiger partial charge in [0.2, 0.25) is 0 Å². The van der Waals surface area contributed by atoms with Crippen molar-refractivity contribution in [2.75, 3.05) is 6.61 Å². The number of halogens is 5. The monoisotopic (exact) mass is 423 g/mol. The van der Waals surface area contributed by atoms with E-state index in [0.717, 1.165) is 6.20 Å². The van der Waals surface area contributed by atoms with Crippen LogP contribution >= 0.6 is 34.2 Å². The Kier molecular flexibility index (Phi) is 6.31. The van der Waals surface area contributed by atoms with E-state index in [1.54, 1.807) is 6.92 Å². The van der Waals surface area contributed by atoms with E-state index in [2.05, 4.69) is 9.72 Å². The van der Waals surface area contributed by atoms with Crippen LogP contribution in [0.4, 0.5) is 13.2 Å². The van der Waals surface area contributed by atoms with Crippen LogP contribution in [0.25, 0.3) is 0 Å². The number of carbonyl (C=O) groups is 1. The summed E-state index contributed by atoms with van der Waals surface area (Å²) in [5, 5.41) is 0. The highest BCUT2D eigenvalue weighted by atomic mass is 127. The number of rotatable bonds is 5. The minimum absolute atomic E-state index is 0.0372. The Bertz CT molecular complexity index is 497. The normalized spacial score (nSPS) is 11.3. The molecule has 1 aromatic rings. The average molecular weight is 424 g/mol. The number of ether oxygens (including phenoxy) is 2. The summed E-state index contributed by atoms with van der Waals surface area (Å²) in [5.74, 6) is -1.29. The first-order valence-electron chi connectivity index (χ1n) is 5.42. The Labute approximate surface area is 131 Å². The van der Waals surface area contributed by atoms with Crippen LogP contribution < -0.4 is 4.74 Å². The summed E-state index contributed by atoms with van der Waals surface area (Å²) >= 11 is 7.53. The van der Waals surface area contributed by atoms with E-state index in [4.69, 9.17) is 16.3 Å². The topological polar surface area (TPSA) is 48.4 Å². The molecule has 0 aliphatic carbocycles. The van der Waals surface area contributed by atoms with Crippen LogP contribution in [0.3, 0.4) is 0 Å². The molecule has 0 saturated heterocycles. The largest absolute Gasteiger partial charge is 0.573 e. The van der Waals surface area contributed by atoms with E-state index in [0.29, 0.717) is 9.26 Å². The lowest BCUT2D eigenvalue weighted by molar-refractivity contribution is -0.275. The van der Waals surface area contributed by atoms with Gasteiger partial charge in [-0.1, -0.05) is 0 Å². The van der Waals surface area contributed by atoms with Gasteiger partial charge in [-0.3, -0.25) is 4.79 Å². The maximum Gasteiger partial charge on any atom is 0.573 e. The summed E-state index contributed by atoms with van der Waals surface area (Å²) < 4.78 is 46.0. The number of alkyl halides is 4. The molecule has 1 heterocycles. The van der Waals surface area contributed by atoms with Gasteiger partial charge >= 0.3 is 12.3 Å². The molecule has 112 valence electrons. The Morgan fingerprint density at radius 3 is 2.60 bits per heavy atom. The molecule has 0 unspecified atom stereocenters. The van der Waals surface area contributed by atoms with E-state index in [1.807, 2.05) is 22.6 Å². The molecular weight excluding hydrogens is 413 g/mol. The maximum absolute atomic E-state index is 12.3. The smallest absolute Gasteiger partial charge is 0.466 e. The highest BCUT2D eigenvalue weighted by Gasteiger charge is 2.33. The molecular formula is C11H10ClF3INO3. The summed E-state index contributed by atoms with van der Waals surface area (Å²) in [5.41, 5.74) is 0.359. The van der Waals surface area contributed by atoms with Crippen molar-refractivity contribution in [3.05, 3.63) is 21.0 Å². The quantitative estimate of drug-likeness (QED) is 0.315. The van der Waals surface area contributed by atoms with E-state index < -0.39 is 18.1 Å². The fourth-order valence-corrected chi connectivity index (χ4v) is 2.61. The molecule has 0 N–H and O–H groups in total. The van der Waals surface area contributed by atoms with Crippen molar-refractivity contribution in [1.82, 2.24) is 4.98 Å². The first kappa shape index (κ1) is 17.3. The SMILES string of the molecule is CCOC(=O)Cc1c(OC(F)(F)F)cnc(I)c1CCl. The lowest BCUT2D eigenvalue weighted by Crippen LogP contribution is -2.20. The molecule has 0 aromatic carbocycles. The van der Waals surface area contributed by atoms with Crippen LogP contribution in [0, 0.1) is 3.70 Å². The van der Waals surface area contributed by atoms with Gasteiger partial charge in [0.15, 0.2) is 5.75 Å². The summed E-state index contributed by atoms with van der Waals surface area (Å²) in [6, 6.07) is 0. The number of carbonyl (C=O) groups excluding carboxylic acids is 1. The highest BCUT2D eigenvalue weighted by molar-refractivity contribution is 14.1. The fourth-order valence-electron chi connectivity index (χ4n) is 1.44. The fraction of sp³-hybridized carbons (Fsp3) is 0.455. The molecule has 0 atom stereocenters. The van der Waals surface area contributed by atoms with Crippen LogP contribution in [0.2, 0.25) is 0 Å². The minimum atomic E-state index is -4.87. The molecule has 1 rings (SSSR count). The molecule has 9 heteroatoms. The van der Waals surface area contributed by atoms with Gasteiger partial charge in [0, 0.05) is 11.1 Å². The Morgan fingerprint density at radius 2 is 2.10 bits per heavy atom. The number of hydrogen-bond donors (Lipinski definition) is 0. The molecule has 0 amide bonds. The lowest BCUT2D eigenvalue weighted by Gasteiger charge is -2.16. The highest BCUT2D eigenvalue weighted by Crippen LogP contribution is 2.31. The van der Waals surface area contributed by atoms with Crippen molar-refractivity contribution in [3.63, 3.8) is 0 Å². The summed E-state index contributed by atoms with van der Waals surface area (Å²) in [7, 11) is 0. The van der Waals surface area contributed by atoms with Gasteiger partial charge in [-0.25, -0.2) is 4.98 Å². The first-order chi connectivity index (χ1) is 9.28. The Morgan fingerprint density at radius 1 is 1.45 bits per heavy atom. The van der Waals surface area contributed by atoms with Crippen molar-refractivity contribution in [2.45, 2.75) is 25.6 Å². The van der Waals surface area contributed by atoms with Crippen molar-refractivity contribution in [3.8, 4) is 5.75 Å². The van der Waals surface area contributed by atoms with Gasteiger partial charge < -0.3 is 9.47 Å². The summed E-state index contributed by atoms with van der Waals surface area (Å²) in [4.78, 5) is 15.3. The third kappa shape index (κ3) is 4.97. The van der Waals surface area contributed by atoms with Crippen molar-refractivity contribution >= 4 is 40.2 Å². The van der Waals surface area contributed by atoms with Gasteiger partial charge in [-0.2, -0.15) is 0 Å². The molecule has 0 spiro atoms. The Balaban J connectivity index is 3.19. The zero-order valence-electron chi connectivity index (χ0n) is 10.3. The Hall–Kier alpha value is -0.770. The number of hydrogen-bond acceptors (Lipinski definition) is 4. The van der Waals surface area contributed by atoms with Gasteiger partial charge in [0.25, 0.3) is 0 Å². The summed E-state index contributed by atoms with van der Waals surface area (Å²) in [6.45, 7) is 1.73. The zero-order chi connectivity index (χ0) is 15.3. The minimum Gasteiger partial charge on any atom is -0.466 e. The van der Waals surface area contributed by atoms with Crippen molar-refractivity contribution in [1.29, 1.82) is 0 Å². The second-order valence-corrected chi connectivity index (χ2v) is 4.82. The third-order valence-electron chi connectivity index (χ3n) is 2.19. The number of nitrogens with zero attached hydrogens (tertiary/aromatic N) is 1. The second kappa shape index (κ2) is 7.30. The molecule has 0 bridgehead atoms. The third-order valence-corrected chi connectivity index (χ3v) is 3.39. The number of aromatic nitrogens is 1. The molecule has 1 aromatic heterocycles. The average Bonchev–Trinajstić information content (AvgIpc) is 2.32. The zero-order valence-corrected chi connectivity index (χ0v) is 13.2. The second-order valence-electron chi connectivity index (χ2n) is 3.53. The van der Waals surface area contributed by atoms with E-state index >= 15 is 0 Å². The van der Waals surface area contributed by atoms with Crippen LogP contribution in [0.5, 0.6) is 5.75 Å². The van der Waals surface area contributed by atoms with Gasteiger partial charge in [0.05, 0.1) is 25.1 Å². The van der Waals surface area contributed by atoms with Crippen molar-refractivity contribution < 1.29 is 27.4 Å². The predicted molar refractivity (Wildman–Crippen MR) is 73.5 cm³/mol. The molecule has 0 radical (unpaired) electrons. The number of esters is 1. The molecule has 0 aliphatic heterocycles. The van der Waals surface area contributed by atoms with Gasteiger partial charge in [-0.15, -0.1) is 24.8 Å². The first-order valence-corrected chi connectivity index (χ1v) is 7.03. The molecule has 0 saturated carbocycles. The van der Waals surface area contributed by atoms with E-state index in [1.165, 1.54) is 0 Å². The summed E-state index contributed by atoms with van der Waals surface area (Å²) in [6.07, 6.45) is -4.32. The molecule has 4 nitrogen and oxygen atoms in total. The van der Waals surface area contributed by atoms with Crippen LogP contribution in [0.1, 0.15) is 18.1 Å². The number of pyridine rings is 1. The van der Waals surface area contributed by atoms with Crippen LogP contribution in [-0.2, 0) is 21.8 Å². The van der Waals surface area contributed by atoms with E-state index in [-0.39, 0.29) is 24.5 Å². The van der Waals surface area contributed by atoms with Gasteiger partial charge in [0.1, 0.15) is 3.70 Å². The molecule has 0 aliphatic rings. The molecule has 0 fully saturated rings. The standard InChI is InChI=1S/C11H10ClF3INO3/c1-2-19-9(18)3-6-7(4-12)10(16)17-5-8(6)20-11(13,14)15/h5H,2-4H2,1H3. The maximum atomic E-state index is 12.3. The van der Waals surface area contributed by atoms with E-state index in [9.17, 15) is 18.0 Å². The molecule has 20 heavy (non-hydrogen) atoms. The van der Waals surface area contributed by atoms with Crippen LogP contribution in [-0.4, -0.2) is 23.9 Å². The van der Waals surface area contributed by atoms with Gasteiger partial charge in [-0.05, 0) is 29.5 Å².